The Morgan fingerprint density at radius 3 is 2.90 bits per heavy atom. The van der Waals surface area contributed by atoms with Crippen LogP contribution in [0.4, 0.5) is 0 Å². The van der Waals surface area contributed by atoms with Gasteiger partial charge in [0.05, 0.1) is 11.1 Å². The summed E-state index contributed by atoms with van der Waals surface area (Å²) in [6.45, 7) is 5.16. The molecule has 1 fully saturated rings. The first-order valence-electron chi connectivity index (χ1n) is 7.63. The molecule has 21 heavy (non-hydrogen) atoms. The second-order valence-electron chi connectivity index (χ2n) is 5.35. The fourth-order valence-corrected chi connectivity index (χ4v) is 3.01. The van der Waals surface area contributed by atoms with E-state index < -0.39 is 0 Å². The summed E-state index contributed by atoms with van der Waals surface area (Å²) in [5.41, 5.74) is 0.997. The van der Waals surface area contributed by atoms with Crippen LogP contribution in [-0.2, 0) is 11.3 Å². The van der Waals surface area contributed by atoms with Crippen molar-refractivity contribution >= 4 is 23.2 Å². The van der Waals surface area contributed by atoms with Gasteiger partial charge in [0.2, 0.25) is 0 Å². The zero-order valence-corrected chi connectivity index (χ0v) is 14.0. The molecule has 0 radical (unpaired) electrons. The van der Waals surface area contributed by atoms with Crippen molar-refractivity contribution < 1.29 is 9.47 Å². The summed E-state index contributed by atoms with van der Waals surface area (Å²) >= 11 is 12.4. The number of benzene rings is 1. The smallest absolute Gasteiger partial charge is 0.142 e. The van der Waals surface area contributed by atoms with Gasteiger partial charge in [-0.25, -0.2) is 0 Å². The second kappa shape index (κ2) is 8.84. The number of hydrogen-bond acceptors (Lipinski definition) is 3. The van der Waals surface area contributed by atoms with Gasteiger partial charge in [-0.05, 0) is 44.4 Å². The lowest BCUT2D eigenvalue weighted by Gasteiger charge is -2.23. The van der Waals surface area contributed by atoms with Crippen molar-refractivity contribution in [3.63, 3.8) is 0 Å². The fourth-order valence-electron chi connectivity index (χ4n) is 2.42. The Hall–Kier alpha value is -0.480. The van der Waals surface area contributed by atoms with E-state index in [1.165, 1.54) is 6.42 Å². The molecule has 118 valence electrons. The largest absolute Gasteiger partial charge is 0.489 e. The van der Waals surface area contributed by atoms with Gasteiger partial charge in [-0.15, -0.1) is 0 Å². The van der Waals surface area contributed by atoms with Crippen molar-refractivity contribution in [3.05, 3.63) is 27.7 Å². The van der Waals surface area contributed by atoms with Crippen LogP contribution in [0.5, 0.6) is 5.75 Å². The molecule has 3 nitrogen and oxygen atoms in total. The van der Waals surface area contributed by atoms with Gasteiger partial charge in [0.25, 0.3) is 0 Å². The van der Waals surface area contributed by atoms with E-state index >= 15 is 0 Å². The maximum Gasteiger partial charge on any atom is 0.142 e. The van der Waals surface area contributed by atoms with Crippen molar-refractivity contribution in [3.8, 4) is 5.75 Å². The summed E-state index contributed by atoms with van der Waals surface area (Å²) in [6, 6.07) is 3.64. The van der Waals surface area contributed by atoms with Crippen LogP contribution in [0.1, 0.15) is 38.2 Å². The zero-order valence-electron chi connectivity index (χ0n) is 12.5. The molecule has 1 aromatic rings. The monoisotopic (exact) mass is 331 g/mol. The molecule has 0 aliphatic carbocycles. The van der Waals surface area contributed by atoms with Gasteiger partial charge < -0.3 is 14.8 Å². The molecule has 0 amide bonds. The topological polar surface area (TPSA) is 30.5 Å². The summed E-state index contributed by atoms with van der Waals surface area (Å²) < 4.78 is 11.6. The third-order valence-corrected chi connectivity index (χ3v) is 4.01. The van der Waals surface area contributed by atoms with Gasteiger partial charge in [-0.3, -0.25) is 0 Å². The van der Waals surface area contributed by atoms with Crippen molar-refractivity contribution in [2.75, 3.05) is 19.8 Å². The average Bonchev–Trinajstić information content (AvgIpc) is 2.47. The van der Waals surface area contributed by atoms with Gasteiger partial charge in [-0.1, -0.05) is 30.1 Å². The van der Waals surface area contributed by atoms with E-state index in [1.54, 1.807) is 6.07 Å². The van der Waals surface area contributed by atoms with E-state index in [9.17, 15) is 0 Å². The normalized spacial score (nSPS) is 18.7. The van der Waals surface area contributed by atoms with Crippen LogP contribution >= 0.6 is 23.2 Å². The fraction of sp³-hybridized carbons (Fsp3) is 0.625. The van der Waals surface area contributed by atoms with Crippen LogP contribution in [0.25, 0.3) is 0 Å². The second-order valence-corrected chi connectivity index (χ2v) is 6.20. The Balaban J connectivity index is 2.01. The molecule has 1 saturated heterocycles. The molecule has 0 saturated carbocycles. The SMILES string of the molecule is CCCNCc1cc(Cl)cc(Cl)c1OCC1CCCCO1. The number of halogens is 2. The van der Waals surface area contributed by atoms with Crippen molar-refractivity contribution in [1.82, 2.24) is 5.32 Å². The molecule has 1 atom stereocenters. The lowest BCUT2D eigenvalue weighted by molar-refractivity contribution is -0.0112. The Morgan fingerprint density at radius 2 is 2.19 bits per heavy atom. The molecule has 1 unspecified atom stereocenters. The van der Waals surface area contributed by atoms with Crippen LogP contribution in [0.2, 0.25) is 10.0 Å². The van der Waals surface area contributed by atoms with Crippen LogP contribution in [-0.4, -0.2) is 25.9 Å². The first-order chi connectivity index (χ1) is 10.2. The first-order valence-corrected chi connectivity index (χ1v) is 8.39. The minimum Gasteiger partial charge on any atom is -0.489 e. The van der Waals surface area contributed by atoms with Gasteiger partial charge in [0.15, 0.2) is 0 Å². The highest BCUT2D eigenvalue weighted by Crippen LogP contribution is 2.33. The zero-order chi connectivity index (χ0) is 15.1. The molecule has 1 aromatic carbocycles. The quantitative estimate of drug-likeness (QED) is 0.749. The van der Waals surface area contributed by atoms with Crippen LogP contribution in [0, 0.1) is 0 Å². The maximum atomic E-state index is 6.29. The van der Waals surface area contributed by atoms with E-state index in [1.807, 2.05) is 6.07 Å². The van der Waals surface area contributed by atoms with Crippen LogP contribution in [0.3, 0.4) is 0 Å². The third kappa shape index (κ3) is 5.33. The molecular weight excluding hydrogens is 309 g/mol. The predicted octanol–water partition coefficient (Wildman–Crippen LogP) is 4.44. The van der Waals surface area contributed by atoms with E-state index in [4.69, 9.17) is 32.7 Å². The maximum absolute atomic E-state index is 6.29. The molecule has 1 aliphatic heterocycles. The molecule has 2 rings (SSSR count). The van der Waals surface area contributed by atoms with Gasteiger partial charge >= 0.3 is 0 Å². The highest BCUT2D eigenvalue weighted by molar-refractivity contribution is 6.35. The number of nitrogens with one attached hydrogen (secondary N) is 1. The molecule has 0 aromatic heterocycles. The van der Waals surface area contributed by atoms with E-state index in [2.05, 4.69) is 12.2 Å². The lowest BCUT2D eigenvalue weighted by atomic mass is 10.1. The number of ether oxygens (including phenoxy) is 2. The van der Waals surface area contributed by atoms with Crippen LogP contribution in [0.15, 0.2) is 12.1 Å². The molecule has 1 N–H and O–H groups in total. The van der Waals surface area contributed by atoms with Crippen molar-refractivity contribution in [1.29, 1.82) is 0 Å². The molecule has 5 heteroatoms. The summed E-state index contributed by atoms with van der Waals surface area (Å²) in [4.78, 5) is 0. The van der Waals surface area contributed by atoms with Crippen molar-refractivity contribution in [2.24, 2.45) is 0 Å². The van der Waals surface area contributed by atoms with E-state index in [-0.39, 0.29) is 6.10 Å². The lowest BCUT2D eigenvalue weighted by Crippen LogP contribution is -2.26. The molecule has 1 aliphatic rings. The average molecular weight is 332 g/mol. The minimum absolute atomic E-state index is 0.168. The summed E-state index contributed by atoms with van der Waals surface area (Å²) in [5, 5.41) is 4.55. The Morgan fingerprint density at radius 1 is 1.33 bits per heavy atom. The van der Waals surface area contributed by atoms with E-state index in [0.717, 1.165) is 43.7 Å². The molecule has 1 heterocycles. The highest BCUT2D eigenvalue weighted by atomic mass is 35.5. The Bertz CT molecular complexity index is 448. The van der Waals surface area contributed by atoms with E-state index in [0.29, 0.717) is 23.2 Å². The summed E-state index contributed by atoms with van der Waals surface area (Å²) in [7, 11) is 0. The van der Waals surface area contributed by atoms with Crippen molar-refractivity contribution in [2.45, 2.75) is 45.3 Å². The first kappa shape index (κ1) is 16.9. The van der Waals surface area contributed by atoms with Crippen LogP contribution < -0.4 is 10.1 Å². The number of rotatable bonds is 7. The molecule has 0 bridgehead atoms. The van der Waals surface area contributed by atoms with Gasteiger partial charge in [0, 0.05) is 23.7 Å². The van der Waals surface area contributed by atoms with Gasteiger partial charge in [0.1, 0.15) is 12.4 Å². The summed E-state index contributed by atoms with van der Waals surface area (Å²) in [6.07, 6.45) is 4.65. The summed E-state index contributed by atoms with van der Waals surface area (Å²) in [5.74, 6) is 0.721. The molecular formula is C16H23Cl2NO2. The highest BCUT2D eigenvalue weighted by Gasteiger charge is 2.17. The Kier molecular flexibility index (Phi) is 7.11. The Labute approximate surface area is 136 Å². The van der Waals surface area contributed by atoms with Gasteiger partial charge in [-0.2, -0.15) is 0 Å². The standard InChI is InChI=1S/C16H23Cl2NO2/c1-2-6-19-10-12-8-13(17)9-15(18)16(12)21-11-14-5-3-4-7-20-14/h8-9,14,19H,2-7,10-11H2,1H3. The minimum atomic E-state index is 0.168. The predicted molar refractivity (Wildman–Crippen MR) is 87.5 cm³/mol. The number of hydrogen-bond donors (Lipinski definition) is 1. The third-order valence-electron chi connectivity index (χ3n) is 3.52. The molecule has 0 spiro atoms.